The fourth-order valence-corrected chi connectivity index (χ4v) is 2.29. The van der Waals surface area contributed by atoms with Crippen LogP contribution in [0.3, 0.4) is 0 Å². The summed E-state index contributed by atoms with van der Waals surface area (Å²) in [5.74, 6) is -2.35. The number of carboxylic acids is 1. The van der Waals surface area contributed by atoms with Gasteiger partial charge in [-0.1, -0.05) is 0 Å². The molecule has 0 radical (unpaired) electrons. The number of nitrogens with zero attached hydrogens (tertiary/aromatic N) is 1. The monoisotopic (exact) mass is 273 g/mol. The number of hydrogen-bond donors (Lipinski definition) is 1. The molecule has 1 saturated heterocycles. The summed E-state index contributed by atoms with van der Waals surface area (Å²) in [7, 11) is 0. The predicted molar refractivity (Wildman–Crippen MR) is 64.4 cm³/mol. The molecule has 1 aliphatic rings. The molecule has 1 N–H and O–H groups in total. The van der Waals surface area contributed by atoms with E-state index in [1.165, 1.54) is 12.1 Å². The highest BCUT2D eigenvalue weighted by atomic mass is 19.4. The Balaban J connectivity index is 2.11. The van der Waals surface area contributed by atoms with Crippen molar-refractivity contribution < 1.29 is 23.1 Å². The van der Waals surface area contributed by atoms with Crippen LogP contribution in [-0.4, -0.2) is 30.3 Å². The average molecular weight is 273 g/mol. The van der Waals surface area contributed by atoms with Crippen LogP contribution in [0.2, 0.25) is 0 Å². The van der Waals surface area contributed by atoms with Gasteiger partial charge in [-0.25, -0.2) is 4.79 Å². The molecule has 2 rings (SSSR count). The highest BCUT2D eigenvalue weighted by Crippen LogP contribution is 2.34. The second kappa shape index (κ2) is 5.11. The van der Waals surface area contributed by atoms with Gasteiger partial charge in [-0.2, -0.15) is 13.2 Å². The van der Waals surface area contributed by atoms with Gasteiger partial charge in [0.05, 0.1) is 11.5 Å². The van der Waals surface area contributed by atoms with Crippen molar-refractivity contribution in [3.63, 3.8) is 0 Å². The van der Waals surface area contributed by atoms with Crippen LogP contribution >= 0.6 is 0 Å². The summed E-state index contributed by atoms with van der Waals surface area (Å²) < 4.78 is 38.1. The van der Waals surface area contributed by atoms with Crippen LogP contribution in [-0.2, 0) is 0 Å². The van der Waals surface area contributed by atoms with E-state index in [2.05, 4.69) is 0 Å². The number of carbonyl (C=O) groups is 1. The number of hydrogen-bond acceptors (Lipinski definition) is 2. The van der Waals surface area contributed by atoms with Gasteiger partial charge in [0.15, 0.2) is 0 Å². The fourth-order valence-electron chi connectivity index (χ4n) is 2.29. The summed E-state index contributed by atoms with van der Waals surface area (Å²) in [6, 6.07) is 5.94. The molecule has 1 aromatic carbocycles. The average Bonchev–Trinajstić information content (AvgIpc) is 2.38. The summed E-state index contributed by atoms with van der Waals surface area (Å²) in [6.45, 7) is 0.509. The molecule has 19 heavy (non-hydrogen) atoms. The lowest BCUT2D eigenvalue weighted by Gasteiger charge is -2.35. The number of anilines is 1. The summed E-state index contributed by atoms with van der Waals surface area (Å²) in [4.78, 5) is 12.4. The van der Waals surface area contributed by atoms with Crippen molar-refractivity contribution in [3.8, 4) is 0 Å². The van der Waals surface area contributed by atoms with E-state index in [4.69, 9.17) is 5.11 Å². The molecule has 0 aliphatic carbocycles. The van der Waals surface area contributed by atoms with Crippen LogP contribution in [0.5, 0.6) is 0 Å². The lowest BCUT2D eigenvalue weighted by atomic mass is 9.97. The molecular weight excluding hydrogens is 259 g/mol. The quantitative estimate of drug-likeness (QED) is 0.899. The van der Waals surface area contributed by atoms with Crippen LogP contribution in [0.1, 0.15) is 23.2 Å². The number of benzene rings is 1. The Morgan fingerprint density at radius 3 is 2.42 bits per heavy atom. The van der Waals surface area contributed by atoms with Crippen LogP contribution in [0.25, 0.3) is 0 Å². The van der Waals surface area contributed by atoms with Crippen LogP contribution < -0.4 is 4.90 Å². The Labute approximate surface area is 108 Å². The second-order valence-electron chi connectivity index (χ2n) is 4.68. The number of carboxylic acid groups (broad SMARTS) is 1. The maximum absolute atomic E-state index is 12.7. The maximum atomic E-state index is 12.7. The minimum atomic E-state index is -4.17. The van der Waals surface area contributed by atoms with Crippen molar-refractivity contribution >= 4 is 11.7 Å². The third-order valence-electron chi connectivity index (χ3n) is 3.36. The summed E-state index contributed by atoms with van der Waals surface area (Å²) in [6.07, 6.45) is -3.52. The molecule has 1 heterocycles. The van der Waals surface area contributed by atoms with Gasteiger partial charge >= 0.3 is 12.1 Å². The number of rotatable bonds is 2. The third-order valence-corrected chi connectivity index (χ3v) is 3.36. The SMILES string of the molecule is O=C(O)c1ccc(N2CCCC(C(F)(F)F)C2)cc1. The lowest BCUT2D eigenvalue weighted by molar-refractivity contribution is -0.175. The minimum Gasteiger partial charge on any atom is -0.478 e. The Bertz CT molecular complexity index is 456. The Kier molecular flexibility index (Phi) is 3.68. The number of halogens is 3. The van der Waals surface area contributed by atoms with E-state index in [0.717, 1.165) is 0 Å². The standard InChI is InChI=1S/C13H14F3NO2/c14-13(15,16)10-2-1-7-17(8-10)11-5-3-9(4-6-11)12(18)19/h3-6,10H,1-2,7-8H2,(H,18,19). The van der Waals surface area contributed by atoms with Crippen molar-refractivity contribution in [1.29, 1.82) is 0 Å². The maximum Gasteiger partial charge on any atom is 0.393 e. The van der Waals surface area contributed by atoms with E-state index in [-0.39, 0.29) is 18.5 Å². The minimum absolute atomic E-state index is 0.0596. The Hall–Kier alpha value is -1.72. The Morgan fingerprint density at radius 1 is 1.26 bits per heavy atom. The molecule has 1 aliphatic heterocycles. The topological polar surface area (TPSA) is 40.5 Å². The van der Waals surface area contributed by atoms with Gasteiger partial charge in [-0.3, -0.25) is 0 Å². The summed E-state index contributed by atoms with van der Waals surface area (Å²) in [5, 5.41) is 8.77. The third kappa shape index (κ3) is 3.19. The van der Waals surface area contributed by atoms with Gasteiger partial charge in [0.25, 0.3) is 0 Å². The molecule has 0 saturated carbocycles. The first-order valence-electron chi connectivity index (χ1n) is 6.03. The first kappa shape index (κ1) is 13.7. The van der Waals surface area contributed by atoms with E-state index in [1.807, 2.05) is 0 Å². The van der Waals surface area contributed by atoms with Crippen LogP contribution in [0, 0.1) is 5.92 Å². The molecule has 6 heteroatoms. The van der Waals surface area contributed by atoms with E-state index < -0.39 is 18.1 Å². The highest BCUT2D eigenvalue weighted by molar-refractivity contribution is 5.88. The lowest BCUT2D eigenvalue weighted by Crippen LogP contribution is -2.41. The summed E-state index contributed by atoms with van der Waals surface area (Å²) >= 11 is 0. The van der Waals surface area contributed by atoms with Gasteiger partial charge in [-0.05, 0) is 37.1 Å². The van der Waals surface area contributed by atoms with E-state index in [1.54, 1.807) is 17.0 Å². The van der Waals surface area contributed by atoms with Crippen LogP contribution in [0.4, 0.5) is 18.9 Å². The first-order chi connectivity index (χ1) is 8.88. The van der Waals surface area contributed by atoms with Crippen molar-refractivity contribution in [2.45, 2.75) is 19.0 Å². The zero-order valence-electron chi connectivity index (χ0n) is 10.2. The van der Waals surface area contributed by atoms with E-state index in [9.17, 15) is 18.0 Å². The molecule has 3 nitrogen and oxygen atoms in total. The molecule has 1 unspecified atom stereocenters. The zero-order chi connectivity index (χ0) is 14.0. The van der Waals surface area contributed by atoms with Crippen molar-refractivity contribution in [1.82, 2.24) is 0 Å². The van der Waals surface area contributed by atoms with Crippen LogP contribution in [0.15, 0.2) is 24.3 Å². The molecular formula is C13H14F3NO2. The normalized spacial score (nSPS) is 20.4. The van der Waals surface area contributed by atoms with Gasteiger partial charge < -0.3 is 10.0 Å². The fraction of sp³-hybridized carbons (Fsp3) is 0.462. The van der Waals surface area contributed by atoms with Gasteiger partial charge in [0, 0.05) is 18.8 Å². The largest absolute Gasteiger partial charge is 0.478 e. The molecule has 0 aromatic heterocycles. The molecule has 1 fully saturated rings. The number of alkyl halides is 3. The molecule has 0 spiro atoms. The molecule has 1 atom stereocenters. The summed E-state index contributed by atoms with van der Waals surface area (Å²) in [5.41, 5.74) is 0.770. The van der Waals surface area contributed by atoms with Crippen molar-refractivity contribution in [2.75, 3.05) is 18.0 Å². The van der Waals surface area contributed by atoms with Crippen molar-refractivity contribution in [3.05, 3.63) is 29.8 Å². The zero-order valence-corrected chi connectivity index (χ0v) is 10.2. The Morgan fingerprint density at radius 2 is 1.89 bits per heavy atom. The molecule has 104 valence electrons. The molecule has 0 bridgehead atoms. The van der Waals surface area contributed by atoms with Crippen molar-refractivity contribution in [2.24, 2.45) is 5.92 Å². The van der Waals surface area contributed by atoms with Gasteiger partial charge in [0.2, 0.25) is 0 Å². The highest BCUT2D eigenvalue weighted by Gasteiger charge is 2.41. The predicted octanol–water partition coefficient (Wildman–Crippen LogP) is 3.16. The smallest absolute Gasteiger partial charge is 0.393 e. The first-order valence-corrected chi connectivity index (χ1v) is 6.03. The van der Waals surface area contributed by atoms with E-state index >= 15 is 0 Å². The second-order valence-corrected chi connectivity index (χ2v) is 4.68. The molecule has 0 amide bonds. The molecule has 1 aromatic rings. The number of piperidine rings is 1. The van der Waals surface area contributed by atoms with E-state index in [0.29, 0.717) is 18.7 Å². The van der Waals surface area contributed by atoms with Gasteiger partial charge in [0.1, 0.15) is 0 Å². The number of aromatic carboxylic acids is 1. The van der Waals surface area contributed by atoms with Gasteiger partial charge in [-0.15, -0.1) is 0 Å².